The molecule has 1 rings (SSSR count). The van der Waals surface area contributed by atoms with E-state index < -0.39 is 10.8 Å². The van der Waals surface area contributed by atoms with Gasteiger partial charge in [0.2, 0.25) is 0 Å². The molecular weight excluding hydrogens is 248 g/mol. The molecule has 0 saturated carbocycles. The molecule has 102 valence electrons. The van der Waals surface area contributed by atoms with Crippen molar-refractivity contribution in [3.63, 3.8) is 0 Å². The predicted molar refractivity (Wildman–Crippen MR) is 74.2 cm³/mol. The van der Waals surface area contributed by atoms with Gasteiger partial charge in [-0.2, -0.15) is 0 Å². The second-order valence-electron chi connectivity index (χ2n) is 4.10. The number of benzene rings is 1. The zero-order valence-electron chi connectivity index (χ0n) is 11.6. The minimum Gasteiger partial charge on any atom is -0.352 e. The van der Waals surface area contributed by atoms with E-state index in [0.717, 1.165) is 10.5 Å². The van der Waals surface area contributed by atoms with Gasteiger partial charge in [0.25, 0.3) is 0 Å². The fourth-order valence-corrected chi connectivity index (χ4v) is 2.75. The predicted octanol–water partition coefficient (Wildman–Crippen LogP) is 2.81. The highest BCUT2D eigenvalue weighted by molar-refractivity contribution is 7.85. The van der Waals surface area contributed by atoms with Crippen LogP contribution >= 0.6 is 0 Å². The second kappa shape index (κ2) is 7.67. The first kappa shape index (κ1) is 15.3. The third-order valence-corrected chi connectivity index (χ3v) is 4.09. The fourth-order valence-electron chi connectivity index (χ4n) is 1.59. The first-order valence-electron chi connectivity index (χ1n) is 6.27. The molecule has 0 aliphatic rings. The molecule has 0 heterocycles. The van der Waals surface area contributed by atoms with Gasteiger partial charge in [0.1, 0.15) is 0 Å². The maximum atomic E-state index is 12.2. The van der Waals surface area contributed by atoms with Crippen LogP contribution in [0.25, 0.3) is 0 Å². The van der Waals surface area contributed by atoms with Gasteiger partial charge in [-0.15, -0.1) is 0 Å². The summed E-state index contributed by atoms with van der Waals surface area (Å²) >= 11 is 0. The Bertz CT molecular complexity index is 398. The molecule has 0 aromatic heterocycles. The van der Waals surface area contributed by atoms with Gasteiger partial charge in [0, 0.05) is 18.1 Å². The molecule has 0 saturated heterocycles. The van der Waals surface area contributed by atoms with Crippen molar-refractivity contribution in [1.29, 1.82) is 0 Å². The minimum atomic E-state index is -1.09. The van der Waals surface area contributed by atoms with Crippen molar-refractivity contribution < 1.29 is 13.7 Å². The third-order valence-electron chi connectivity index (χ3n) is 2.73. The van der Waals surface area contributed by atoms with E-state index in [0.29, 0.717) is 19.0 Å². The van der Waals surface area contributed by atoms with Crippen molar-refractivity contribution >= 4 is 10.8 Å². The van der Waals surface area contributed by atoms with Crippen LogP contribution in [-0.4, -0.2) is 29.5 Å². The topological polar surface area (TPSA) is 35.5 Å². The van der Waals surface area contributed by atoms with Gasteiger partial charge in [-0.1, -0.05) is 6.07 Å². The average molecular weight is 270 g/mol. The van der Waals surface area contributed by atoms with Crippen LogP contribution in [0.15, 0.2) is 23.1 Å². The molecule has 1 aromatic rings. The Balaban J connectivity index is 2.70. The summed E-state index contributed by atoms with van der Waals surface area (Å²) in [5.41, 5.74) is 2.37. The molecule has 1 atom stereocenters. The SMILES string of the molecule is CCOC(CS(=O)c1ccc(C)c(C)c1)OCC. The average Bonchev–Trinajstić information content (AvgIpc) is 2.33. The van der Waals surface area contributed by atoms with Crippen LogP contribution in [-0.2, 0) is 20.3 Å². The van der Waals surface area contributed by atoms with Gasteiger partial charge >= 0.3 is 0 Å². The molecule has 18 heavy (non-hydrogen) atoms. The fraction of sp³-hybridized carbons (Fsp3) is 0.571. The standard InChI is InChI=1S/C14H22O3S/c1-5-16-14(17-6-2)10-18(15)13-8-7-11(3)12(4)9-13/h7-9,14H,5-6,10H2,1-4H3. The number of ether oxygens (including phenoxy) is 2. The number of hydrogen-bond acceptors (Lipinski definition) is 3. The van der Waals surface area contributed by atoms with E-state index in [9.17, 15) is 4.21 Å². The van der Waals surface area contributed by atoms with E-state index in [-0.39, 0.29) is 6.29 Å². The van der Waals surface area contributed by atoms with Gasteiger partial charge < -0.3 is 9.47 Å². The Labute approximate surface area is 112 Å². The summed E-state index contributed by atoms with van der Waals surface area (Å²) < 4.78 is 23.0. The van der Waals surface area contributed by atoms with E-state index in [4.69, 9.17) is 9.47 Å². The Kier molecular flexibility index (Phi) is 6.54. The molecule has 0 fully saturated rings. The maximum absolute atomic E-state index is 12.2. The van der Waals surface area contributed by atoms with Crippen molar-refractivity contribution in [1.82, 2.24) is 0 Å². The number of rotatable bonds is 7. The Hall–Kier alpha value is -0.710. The van der Waals surface area contributed by atoms with Gasteiger partial charge in [-0.25, -0.2) is 0 Å². The first-order chi connectivity index (χ1) is 8.58. The molecule has 0 aliphatic heterocycles. The molecule has 0 aliphatic carbocycles. The van der Waals surface area contributed by atoms with Crippen molar-refractivity contribution in [3.05, 3.63) is 29.3 Å². The summed E-state index contributed by atoms with van der Waals surface area (Å²) in [4.78, 5) is 0.836. The van der Waals surface area contributed by atoms with E-state index in [1.807, 2.05) is 45.9 Å². The maximum Gasteiger partial charge on any atom is 0.169 e. The number of hydrogen-bond donors (Lipinski definition) is 0. The van der Waals surface area contributed by atoms with Crippen molar-refractivity contribution in [2.45, 2.75) is 38.9 Å². The van der Waals surface area contributed by atoms with Crippen LogP contribution < -0.4 is 0 Å². The summed E-state index contributed by atoms with van der Waals surface area (Å²) in [7, 11) is -1.09. The lowest BCUT2D eigenvalue weighted by Gasteiger charge is -2.16. The summed E-state index contributed by atoms with van der Waals surface area (Å²) in [6.45, 7) is 9.02. The van der Waals surface area contributed by atoms with Crippen LogP contribution in [0.5, 0.6) is 0 Å². The summed E-state index contributed by atoms with van der Waals surface area (Å²) in [5.74, 6) is 0.379. The summed E-state index contributed by atoms with van der Waals surface area (Å²) in [6, 6.07) is 5.88. The summed E-state index contributed by atoms with van der Waals surface area (Å²) in [6.07, 6.45) is -0.387. The van der Waals surface area contributed by atoms with Crippen LogP contribution in [0.1, 0.15) is 25.0 Å². The lowest BCUT2D eigenvalue weighted by atomic mass is 10.1. The third kappa shape index (κ3) is 4.52. The van der Waals surface area contributed by atoms with Crippen molar-refractivity contribution in [2.24, 2.45) is 0 Å². The Morgan fingerprint density at radius 1 is 1.11 bits per heavy atom. The minimum absolute atomic E-state index is 0.379. The Morgan fingerprint density at radius 2 is 1.72 bits per heavy atom. The zero-order chi connectivity index (χ0) is 13.5. The smallest absolute Gasteiger partial charge is 0.169 e. The molecule has 0 N–H and O–H groups in total. The highest BCUT2D eigenvalue weighted by atomic mass is 32.2. The van der Waals surface area contributed by atoms with Gasteiger partial charge in [0.05, 0.1) is 16.6 Å². The molecule has 4 heteroatoms. The van der Waals surface area contributed by atoms with E-state index in [2.05, 4.69) is 0 Å². The van der Waals surface area contributed by atoms with Gasteiger partial charge in [0.15, 0.2) is 6.29 Å². The Morgan fingerprint density at radius 3 is 2.22 bits per heavy atom. The number of aryl methyl sites for hydroxylation is 2. The quantitative estimate of drug-likeness (QED) is 0.715. The molecule has 1 unspecified atom stereocenters. The monoisotopic (exact) mass is 270 g/mol. The van der Waals surface area contributed by atoms with Gasteiger partial charge in [-0.3, -0.25) is 4.21 Å². The largest absolute Gasteiger partial charge is 0.352 e. The highest BCUT2D eigenvalue weighted by Crippen LogP contribution is 2.14. The first-order valence-corrected chi connectivity index (χ1v) is 7.59. The molecule has 1 aromatic carbocycles. The lowest BCUT2D eigenvalue weighted by molar-refractivity contribution is -0.120. The summed E-state index contributed by atoms with van der Waals surface area (Å²) in [5, 5.41) is 0. The van der Waals surface area contributed by atoms with Gasteiger partial charge in [-0.05, 0) is 51.0 Å². The van der Waals surface area contributed by atoms with Crippen LogP contribution in [0.2, 0.25) is 0 Å². The zero-order valence-corrected chi connectivity index (χ0v) is 12.4. The normalized spacial score (nSPS) is 12.9. The van der Waals surface area contributed by atoms with Crippen LogP contribution in [0.4, 0.5) is 0 Å². The molecule has 0 amide bonds. The van der Waals surface area contributed by atoms with Crippen molar-refractivity contribution in [2.75, 3.05) is 19.0 Å². The van der Waals surface area contributed by atoms with Crippen LogP contribution in [0.3, 0.4) is 0 Å². The van der Waals surface area contributed by atoms with E-state index in [1.54, 1.807) is 0 Å². The molecule has 0 radical (unpaired) electrons. The molecule has 0 spiro atoms. The molecule has 3 nitrogen and oxygen atoms in total. The van der Waals surface area contributed by atoms with E-state index in [1.165, 1.54) is 5.56 Å². The highest BCUT2D eigenvalue weighted by Gasteiger charge is 2.14. The molecular formula is C14H22O3S. The lowest BCUT2D eigenvalue weighted by Crippen LogP contribution is -2.24. The van der Waals surface area contributed by atoms with Crippen LogP contribution in [0, 0.1) is 13.8 Å². The van der Waals surface area contributed by atoms with E-state index >= 15 is 0 Å². The second-order valence-corrected chi connectivity index (χ2v) is 5.59. The molecule has 0 bridgehead atoms. The van der Waals surface area contributed by atoms with Crippen molar-refractivity contribution in [3.8, 4) is 0 Å².